The number of nitrogens with zero attached hydrogens (tertiary/aromatic N) is 5. The minimum atomic E-state index is -1.29. The summed E-state index contributed by atoms with van der Waals surface area (Å²) in [6.45, 7) is 0. The fraction of sp³-hybridized carbons (Fsp3) is 0.200. The van der Waals surface area contributed by atoms with Crippen LogP contribution in [0.2, 0.25) is 0 Å². The summed E-state index contributed by atoms with van der Waals surface area (Å²) in [6, 6.07) is 0.978. The van der Waals surface area contributed by atoms with Crippen molar-refractivity contribution in [1.82, 2.24) is 15.2 Å². The molecule has 0 aliphatic carbocycles. The number of carboxylic acids is 1. The number of hydrogen-bond acceptors (Lipinski definition) is 9. The van der Waals surface area contributed by atoms with Crippen LogP contribution in [0.25, 0.3) is 0 Å². The number of carbonyl (C=O) groups is 1. The number of hydrogen-bond donors (Lipinski definition) is 1. The first-order valence-corrected chi connectivity index (χ1v) is 7.08. The molecule has 1 N–H and O–H groups in total. The Morgan fingerprint density at radius 1 is 1.48 bits per heavy atom. The second kappa shape index (κ2) is 6.01. The lowest BCUT2D eigenvalue weighted by molar-refractivity contribution is -0.385. The highest BCUT2D eigenvalue weighted by Crippen LogP contribution is 2.34. The Hall–Kier alpha value is -2.27. The molecule has 2 rings (SSSR count). The van der Waals surface area contributed by atoms with E-state index in [9.17, 15) is 14.9 Å². The summed E-state index contributed by atoms with van der Waals surface area (Å²) in [4.78, 5) is 26.8. The molecular weight excluding hydrogens is 318 g/mol. The molecule has 0 atom stereocenters. The number of carboxylic acid groups (broad SMARTS) is 1. The summed E-state index contributed by atoms with van der Waals surface area (Å²) in [5.74, 6) is -1.29. The lowest BCUT2D eigenvalue weighted by Crippen LogP contribution is -2.07. The Morgan fingerprint density at radius 2 is 2.19 bits per heavy atom. The second-order valence-corrected chi connectivity index (χ2v) is 6.15. The monoisotopic (exact) mass is 327 g/mol. The molecule has 0 bridgehead atoms. The van der Waals surface area contributed by atoms with Crippen LogP contribution in [0.4, 0.5) is 10.8 Å². The topological polar surface area (TPSA) is 122 Å². The molecular formula is C10H9N5O4S2. The first kappa shape index (κ1) is 15.1. The maximum Gasteiger partial charge on any atom is 0.338 e. The van der Waals surface area contributed by atoms with Crippen molar-refractivity contribution in [2.24, 2.45) is 0 Å². The SMILES string of the molecule is CN(C)c1nnc(Sc2ncc([N+](=O)[O-])cc2C(=O)O)s1. The fourth-order valence-corrected chi connectivity index (χ4v) is 3.02. The predicted octanol–water partition coefficient (Wildman–Crippen LogP) is 1.76. The number of nitro groups is 1. The number of anilines is 1. The highest BCUT2D eigenvalue weighted by Gasteiger charge is 2.20. The van der Waals surface area contributed by atoms with Gasteiger partial charge in [-0.15, -0.1) is 10.2 Å². The zero-order valence-electron chi connectivity index (χ0n) is 10.9. The number of pyridine rings is 1. The van der Waals surface area contributed by atoms with E-state index in [4.69, 9.17) is 5.11 Å². The van der Waals surface area contributed by atoms with Crippen molar-refractivity contribution >= 4 is 39.9 Å². The largest absolute Gasteiger partial charge is 0.478 e. The van der Waals surface area contributed by atoms with Gasteiger partial charge in [0.2, 0.25) is 5.13 Å². The van der Waals surface area contributed by atoms with Crippen molar-refractivity contribution in [1.29, 1.82) is 0 Å². The van der Waals surface area contributed by atoms with Crippen molar-refractivity contribution in [2.45, 2.75) is 9.37 Å². The van der Waals surface area contributed by atoms with Gasteiger partial charge in [0.1, 0.15) is 11.2 Å². The van der Waals surface area contributed by atoms with Gasteiger partial charge in [-0.25, -0.2) is 9.78 Å². The molecule has 2 aromatic heterocycles. The highest BCUT2D eigenvalue weighted by atomic mass is 32.2. The van der Waals surface area contributed by atoms with E-state index in [0.29, 0.717) is 9.47 Å². The smallest absolute Gasteiger partial charge is 0.338 e. The van der Waals surface area contributed by atoms with Crippen LogP contribution >= 0.6 is 23.1 Å². The first-order valence-electron chi connectivity index (χ1n) is 5.45. The van der Waals surface area contributed by atoms with Crippen LogP contribution < -0.4 is 4.90 Å². The third-order valence-corrected chi connectivity index (χ3v) is 4.40. The number of aromatic nitrogens is 3. The van der Waals surface area contributed by atoms with Gasteiger partial charge in [-0.3, -0.25) is 10.1 Å². The van der Waals surface area contributed by atoms with E-state index in [1.165, 1.54) is 11.3 Å². The number of aromatic carboxylic acids is 1. The van der Waals surface area contributed by atoms with Gasteiger partial charge in [0.15, 0.2) is 4.34 Å². The molecule has 2 aromatic rings. The van der Waals surface area contributed by atoms with Gasteiger partial charge >= 0.3 is 5.97 Å². The van der Waals surface area contributed by atoms with Crippen molar-refractivity contribution < 1.29 is 14.8 Å². The van der Waals surface area contributed by atoms with Crippen molar-refractivity contribution in [3.05, 3.63) is 27.9 Å². The summed E-state index contributed by atoms with van der Waals surface area (Å²) in [7, 11) is 3.61. The Kier molecular flexibility index (Phi) is 4.33. The summed E-state index contributed by atoms with van der Waals surface area (Å²) in [6.07, 6.45) is 1.02. The molecule has 0 fully saturated rings. The molecule has 0 aromatic carbocycles. The number of rotatable bonds is 5. The normalized spacial score (nSPS) is 10.4. The van der Waals surface area contributed by atoms with Gasteiger partial charge in [-0.05, 0) is 11.8 Å². The van der Waals surface area contributed by atoms with Crippen LogP contribution in [0.5, 0.6) is 0 Å². The molecule has 0 radical (unpaired) electrons. The molecule has 0 unspecified atom stereocenters. The van der Waals surface area contributed by atoms with Gasteiger partial charge in [0, 0.05) is 20.2 Å². The van der Waals surface area contributed by atoms with E-state index in [-0.39, 0.29) is 16.3 Å². The van der Waals surface area contributed by atoms with Crippen LogP contribution in [0.1, 0.15) is 10.4 Å². The van der Waals surface area contributed by atoms with Crippen LogP contribution in [0.3, 0.4) is 0 Å². The van der Waals surface area contributed by atoms with Crippen LogP contribution in [0, 0.1) is 10.1 Å². The van der Waals surface area contributed by atoms with Crippen molar-refractivity contribution in [2.75, 3.05) is 19.0 Å². The van der Waals surface area contributed by atoms with Gasteiger partial charge in [-0.2, -0.15) is 0 Å². The van der Waals surface area contributed by atoms with E-state index in [1.807, 2.05) is 14.1 Å². The van der Waals surface area contributed by atoms with E-state index >= 15 is 0 Å². The average Bonchev–Trinajstić information content (AvgIpc) is 2.87. The summed E-state index contributed by atoms with van der Waals surface area (Å²) in [5, 5.41) is 28.4. The molecule has 110 valence electrons. The zero-order chi connectivity index (χ0) is 15.6. The lowest BCUT2D eigenvalue weighted by atomic mass is 10.3. The van der Waals surface area contributed by atoms with Crippen LogP contribution in [0.15, 0.2) is 21.6 Å². The Bertz CT molecular complexity index is 703. The van der Waals surface area contributed by atoms with Gasteiger partial charge in [0.25, 0.3) is 5.69 Å². The molecule has 0 saturated carbocycles. The fourth-order valence-electron chi connectivity index (χ4n) is 1.28. The van der Waals surface area contributed by atoms with Gasteiger partial charge < -0.3 is 10.0 Å². The molecule has 2 heterocycles. The molecule has 21 heavy (non-hydrogen) atoms. The zero-order valence-corrected chi connectivity index (χ0v) is 12.5. The van der Waals surface area contributed by atoms with Gasteiger partial charge in [0.05, 0.1) is 10.5 Å². The van der Waals surface area contributed by atoms with E-state index in [2.05, 4.69) is 15.2 Å². The summed E-state index contributed by atoms with van der Waals surface area (Å²) in [5.41, 5.74) is -0.612. The van der Waals surface area contributed by atoms with Gasteiger partial charge in [-0.1, -0.05) is 11.3 Å². The van der Waals surface area contributed by atoms with Crippen molar-refractivity contribution in [3.63, 3.8) is 0 Å². The summed E-state index contributed by atoms with van der Waals surface area (Å²) >= 11 is 2.27. The first-order chi connectivity index (χ1) is 9.88. The third kappa shape index (κ3) is 3.44. The quantitative estimate of drug-likeness (QED) is 0.646. The molecule has 0 aliphatic heterocycles. The van der Waals surface area contributed by atoms with E-state index < -0.39 is 10.9 Å². The minimum absolute atomic E-state index is 0.134. The summed E-state index contributed by atoms with van der Waals surface area (Å²) < 4.78 is 0.502. The second-order valence-electron chi connectivity index (χ2n) is 3.96. The Morgan fingerprint density at radius 3 is 2.71 bits per heavy atom. The van der Waals surface area contributed by atoms with Crippen molar-refractivity contribution in [3.8, 4) is 0 Å². The predicted molar refractivity (Wildman–Crippen MR) is 76.2 cm³/mol. The molecule has 0 saturated heterocycles. The molecule has 0 spiro atoms. The van der Waals surface area contributed by atoms with E-state index in [0.717, 1.165) is 24.0 Å². The maximum absolute atomic E-state index is 11.2. The molecule has 9 nitrogen and oxygen atoms in total. The minimum Gasteiger partial charge on any atom is -0.478 e. The molecule has 11 heteroatoms. The van der Waals surface area contributed by atoms with E-state index in [1.54, 1.807) is 4.90 Å². The lowest BCUT2D eigenvalue weighted by Gasteiger charge is -2.04. The Balaban J connectivity index is 2.34. The average molecular weight is 327 g/mol. The highest BCUT2D eigenvalue weighted by molar-refractivity contribution is 8.01. The Labute approximate surface area is 126 Å². The van der Waals surface area contributed by atoms with Crippen LogP contribution in [-0.2, 0) is 0 Å². The molecule has 0 amide bonds. The third-order valence-electron chi connectivity index (χ3n) is 2.24. The van der Waals surface area contributed by atoms with Crippen LogP contribution in [-0.4, -0.2) is 45.3 Å². The standard InChI is InChI=1S/C10H9N5O4S2/c1-14(2)9-12-13-10(21-9)20-7-6(8(16)17)3-5(4-11-7)15(18)19/h3-4H,1-2H3,(H,16,17). The molecule has 0 aliphatic rings. The maximum atomic E-state index is 11.2.